The second-order valence-electron chi connectivity index (χ2n) is 7.38. The Morgan fingerprint density at radius 2 is 1.84 bits per heavy atom. The number of hydrogen-bond acceptors (Lipinski definition) is 3. The summed E-state index contributed by atoms with van der Waals surface area (Å²) in [6, 6.07) is 19.7. The Bertz CT molecular complexity index is 1230. The summed E-state index contributed by atoms with van der Waals surface area (Å²) in [5, 5.41) is 3.96. The lowest BCUT2D eigenvalue weighted by Gasteiger charge is -2.20. The van der Waals surface area contributed by atoms with Crippen molar-refractivity contribution < 1.29 is 18.7 Å². The number of halogens is 1. The van der Waals surface area contributed by atoms with Crippen LogP contribution in [0.2, 0.25) is 0 Å². The van der Waals surface area contributed by atoms with Crippen molar-refractivity contribution in [1.29, 1.82) is 0 Å². The fourth-order valence-corrected chi connectivity index (χ4v) is 3.90. The Morgan fingerprint density at radius 1 is 1.06 bits per heavy atom. The number of aromatic amines is 1. The zero-order valence-corrected chi connectivity index (χ0v) is 18.0. The van der Waals surface area contributed by atoms with Gasteiger partial charge in [0.25, 0.3) is 5.91 Å². The summed E-state index contributed by atoms with van der Waals surface area (Å²) >= 11 is 0. The van der Waals surface area contributed by atoms with Gasteiger partial charge in [-0.15, -0.1) is 0 Å². The van der Waals surface area contributed by atoms with E-state index in [-0.39, 0.29) is 18.0 Å². The van der Waals surface area contributed by atoms with Crippen molar-refractivity contribution in [2.24, 2.45) is 0 Å². The van der Waals surface area contributed by atoms with Crippen molar-refractivity contribution in [2.45, 2.75) is 12.8 Å². The highest BCUT2D eigenvalue weighted by Gasteiger charge is 2.22. The van der Waals surface area contributed by atoms with E-state index in [9.17, 15) is 9.18 Å². The number of aromatic nitrogens is 1. The van der Waals surface area contributed by atoms with Crippen LogP contribution in [0.3, 0.4) is 0 Å². The topological polar surface area (TPSA) is 63.3 Å². The van der Waals surface area contributed by atoms with Crippen LogP contribution in [0, 0.1) is 5.82 Å². The van der Waals surface area contributed by atoms with Crippen LogP contribution >= 0.6 is 0 Å². The molecule has 0 unspecified atom stereocenters. The lowest BCUT2D eigenvalue weighted by atomic mass is 9.90. The Hall–Kier alpha value is -3.80. The lowest BCUT2D eigenvalue weighted by molar-refractivity contribution is 0.0948. The third kappa shape index (κ3) is 4.30. The number of hydrogen-bond donors (Lipinski definition) is 2. The SMILES string of the molecule is CCOc1ccc([C@H](CNC(=O)c2ccccc2F)c2c[nH]c3ccccc23)cc1OC. The number of amides is 1. The summed E-state index contributed by atoms with van der Waals surface area (Å²) in [5.41, 5.74) is 3.00. The molecular formula is C26H25FN2O3. The Morgan fingerprint density at radius 3 is 2.62 bits per heavy atom. The predicted molar refractivity (Wildman–Crippen MR) is 123 cm³/mol. The molecule has 0 aliphatic heterocycles. The minimum atomic E-state index is -0.545. The highest BCUT2D eigenvalue weighted by Crippen LogP contribution is 2.36. The monoisotopic (exact) mass is 432 g/mol. The molecule has 0 saturated heterocycles. The van der Waals surface area contributed by atoms with Gasteiger partial charge in [0.15, 0.2) is 11.5 Å². The molecule has 0 fully saturated rings. The van der Waals surface area contributed by atoms with Crippen LogP contribution in [0.4, 0.5) is 4.39 Å². The van der Waals surface area contributed by atoms with Crippen molar-refractivity contribution in [3.05, 3.63) is 95.4 Å². The van der Waals surface area contributed by atoms with Gasteiger partial charge >= 0.3 is 0 Å². The van der Waals surface area contributed by atoms with Crippen molar-refractivity contribution in [3.63, 3.8) is 0 Å². The fourth-order valence-electron chi connectivity index (χ4n) is 3.90. The van der Waals surface area contributed by atoms with Crippen LogP contribution in [0.25, 0.3) is 10.9 Å². The molecule has 4 aromatic rings. The van der Waals surface area contributed by atoms with Crippen LogP contribution in [-0.4, -0.2) is 31.2 Å². The average molecular weight is 432 g/mol. The van der Waals surface area contributed by atoms with Crippen molar-refractivity contribution in [2.75, 3.05) is 20.3 Å². The summed E-state index contributed by atoms with van der Waals surface area (Å²) in [4.78, 5) is 16.0. The van der Waals surface area contributed by atoms with Crippen molar-refractivity contribution in [3.8, 4) is 11.5 Å². The molecule has 0 aliphatic rings. The highest BCUT2D eigenvalue weighted by molar-refractivity contribution is 5.94. The molecule has 0 radical (unpaired) electrons. The first-order valence-corrected chi connectivity index (χ1v) is 10.5. The standard InChI is InChI=1S/C26H25FN2O3/c1-3-32-24-13-12-17(14-25(24)31-2)20(21-16-28-23-11-7-5-8-18(21)23)15-29-26(30)19-9-4-6-10-22(19)27/h4-14,16,20,28H,3,15H2,1-2H3,(H,29,30)/t20-/m0/s1. The summed E-state index contributed by atoms with van der Waals surface area (Å²) < 4.78 is 25.3. The van der Waals surface area contributed by atoms with Crippen LogP contribution in [0.15, 0.2) is 72.9 Å². The van der Waals surface area contributed by atoms with Crippen LogP contribution in [0.1, 0.15) is 34.3 Å². The molecule has 164 valence electrons. The molecule has 1 aromatic heterocycles. The largest absolute Gasteiger partial charge is 0.493 e. The maximum atomic E-state index is 14.1. The van der Waals surface area contributed by atoms with E-state index in [0.717, 1.165) is 22.0 Å². The number of carbonyl (C=O) groups is 1. The van der Waals surface area contributed by atoms with E-state index in [1.807, 2.05) is 55.6 Å². The number of carbonyl (C=O) groups excluding carboxylic acids is 1. The van der Waals surface area contributed by atoms with Gasteiger partial charge in [0, 0.05) is 29.6 Å². The molecule has 0 aliphatic carbocycles. The van der Waals surface area contributed by atoms with Gasteiger partial charge in [0.2, 0.25) is 0 Å². The molecule has 1 atom stereocenters. The average Bonchev–Trinajstić information content (AvgIpc) is 3.24. The van der Waals surface area contributed by atoms with Crippen molar-refractivity contribution >= 4 is 16.8 Å². The lowest BCUT2D eigenvalue weighted by Crippen LogP contribution is -2.29. The molecule has 0 spiro atoms. The number of nitrogens with one attached hydrogen (secondary N) is 2. The summed E-state index contributed by atoms with van der Waals surface area (Å²) in [7, 11) is 1.60. The number of fused-ring (bicyclic) bond motifs is 1. The number of para-hydroxylation sites is 1. The van der Waals surface area contributed by atoms with Gasteiger partial charge in [-0.2, -0.15) is 0 Å². The van der Waals surface area contributed by atoms with Gasteiger partial charge in [-0.25, -0.2) is 4.39 Å². The van der Waals surface area contributed by atoms with E-state index in [2.05, 4.69) is 10.3 Å². The second-order valence-corrected chi connectivity index (χ2v) is 7.38. The van der Waals surface area contributed by atoms with Gasteiger partial charge in [-0.1, -0.05) is 36.4 Å². The van der Waals surface area contributed by atoms with Gasteiger partial charge < -0.3 is 19.8 Å². The smallest absolute Gasteiger partial charge is 0.254 e. The molecule has 1 heterocycles. The molecule has 6 heteroatoms. The van der Waals surface area contributed by atoms with E-state index in [0.29, 0.717) is 18.1 Å². The second kappa shape index (κ2) is 9.56. The van der Waals surface area contributed by atoms with Gasteiger partial charge in [-0.05, 0) is 48.4 Å². The molecule has 3 aromatic carbocycles. The third-order valence-electron chi connectivity index (χ3n) is 5.47. The molecule has 1 amide bonds. The number of ether oxygens (including phenoxy) is 2. The van der Waals surface area contributed by atoms with Gasteiger partial charge in [0.05, 0.1) is 19.3 Å². The Kier molecular flexibility index (Phi) is 6.40. The highest BCUT2D eigenvalue weighted by atomic mass is 19.1. The first-order valence-electron chi connectivity index (χ1n) is 10.5. The number of rotatable bonds is 8. The normalized spacial score (nSPS) is 11.8. The van der Waals surface area contributed by atoms with E-state index in [1.165, 1.54) is 12.1 Å². The van der Waals surface area contributed by atoms with Gasteiger partial charge in [-0.3, -0.25) is 4.79 Å². The predicted octanol–water partition coefficient (Wildman–Crippen LogP) is 5.28. The van der Waals surface area contributed by atoms with Crippen LogP contribution in [-0.2, 0) is 0 Å². The molecule has 5 nitrogen and oxygen atoms in total. The number of H-pyrrole nitrogens is 1. The van der Waals surface area contributed by atoms with E-state index in [4.69, 9.17) is 9.47 Å². The first kappa shape index (κ1) is 21.4. The van der Waals surface area contributed by atoms with E-state index in [1.54, 1.807) is 19.2 Å². The molecule has 4 rings (SSSR count). The molecule has 0 bridgehead atoms. The minimum Gasteiger partial charge on any atom is -0.493 e. The fraction of sp³-hybridized carbons (Fsp3) is 0.192. The molecule has 0 saturated carbocycles. The van der Waals surface area contributed by atoms with Crippen molar-refractivity contribution in [1.82, 2.24) is 10.3 Å². The third-order valence-corrected chi connectivity index (χ3v) is 5.47. The summed E-state index contributed by atoms with van der Waals surface area (Å²) in [6.07, 6.45) is 1.95. The Labute approximate surface area is 186 Å². The minimum absolute atomic E-state index is 0.0226. The number of methoxy groups -OCH3 is 1. The molecule has 2 N–H and O–H groups in total. The molecule has 32 heavy (non-hydrogen) atoms. The summed E-state index contributed by atoms with van der Waals surface area (Å²) in [5.74, 6) is 0.0927. The zero-order valence-electron chi connectivity index (χ0n) is 18.0. The van der Waals surface area contributed by atoms with E-state index < -0.39 is 11.7 Å². The number of benzene rings is 3. The molecular weight excluding hydrogens is 407 g/mol. The van der Waals surface area contributed by atoms with E-state index >= 15 is 0 Å². The quantitative estimate of drug-likeness (QED) is 0.398. The Balaban J connectivity index is 1.71. The zero-order chi connectivity index (χ0) is 22.5. The van der Waals surface area contributed by atoms with Crippen LogP contribution < -0.4 is 14.8 Å². The maximum absolute atomic E-state index is 14.1. The van der Waals surface area contributed by atoms with Crippen LogP contribution in [0.5, 0.6) is 11.5 Å². The first-order chi connectivity index (χ1) is 15.6. The maximum Gasteiger partial charge on any atom is 0.254 e. The summed E-state index contributed by atoms with van der Waals surface area (Å²) in [6.45, 7) is 2.73. The van der Waals surface area contributed by atoms with Gasteiger partial charge in [0.1, 0.15) is 5.82 Å².